The van der Waals surface area contributed by atoms with Crippen molar-refractivity contribution in [3.05, 3.63) is 29.8 Å². The maximum Gasteiger partial charge on any atom is 0.321 e. The second-order valence-corrected chi connectivity index (χ2v) is 7.55. The van der Waals surface area contributed by atoms with Gasteiger partial charge in [0.1, 0.15) is 5.54 Å². The Kier molecular flexibility index (Phi) is 5.93. The Morgan fingerprint density at radius 1 is 1.35 bits per heavy atom. The molecule has 4 N–H and O–H groups in total. The van der Waals surface area contributed by atoms with E-state index < -0.39 is 11.0 Å². The van der Waals surface area contributed by atoms with Crippen LogP contribution < -0.4 is 16.4 Å². The number of urea groups is 1. The van der Waals surface area contributed by atoms with Crippen LogP contribution in [0.4, 0.5) is 10.5 Å². The normalized spacial score (nSPS) is 23.7. The number of anilines is 1. The van der Waals surface area contributed by atoms with Gasteiger partial charge in [-0.15, -0.1) is 0 Å². The second kappa shape index (κ2) is 7.63. The number of nitrogens with two attached hydrogens (primary N) is 1. The fraction of sp³-hybridized carbons (Fsp3) is 0.579. The molecule has 2 atom stereocenters. The zero-order chi connectivity index (χ0) is 19.5. The molecule has 0 aromatic heterocycles. The van der Waals surface area contributed by atoms with Crippen molar-refractivity contribution in [1.29, 1.82) is 0 Å². The van der Waals surface area contributed by atoms with Gasteiger partial charge in [0.15, 0.2) is 0 Å². The summed E-state index contributed by atoms with van der Waals surface area (Å²) in [5, 5.41) is 5.71. The number of ether oxygens (including phenoxy) is 1. The van der Waals surface area contributed by atoms with Gasteiger partial charge < -0.3 is 26.0 Å². The maximum atomic E-state index is 12.7. The molecule has 1 aromatic rings. The van der Waals surface area contributed by atoms with Gasteiger partial charge in [-0.1, -0.05) is 26.0 Å². The number of hydrogen-bond acceptors (Lipinski definition) is 4. The average Bonchev–Trinajstić information content (AvgIpc) is 2.59. The first-order valence-electron chi connectivity index (χ1n) is 8.88. The Labute approximate surface area is 155 Å². The lowest BCUT2D eigenvalue weighted by molar-refractivity contribution is -0.170. The number of carbonyl (C=O) groups excluding carboxylic acids is 2. The molecular weight excluding hydrogens is 332 g/mol. The van der Waals surface area contributed by atoms with Crippen molar-refractivity contribution in [2.45, 2.75) is 45.4 Å². The third-order valence-corrected chi connectivity index (χ3v) is 5.27. The summed E-state index contributed by atoms with van der Waals surface area (Å²) in [5.74, 6) is -0.179. The lowest BCUT2D eigenvalue weighted by atomic mass is 9.54. The van der Waals surface area contributed by atoms with Crippen molar-refractivity contribution in [3.8, 4) is 0 Å². The second-order valence-electron chi connectivity index (χ2n) is 7.55. The van der Waals surface area contributed by atoms with Gasteiger partial charge in [0.25, 0.3) is 0 Å². The molecule has 7 nitrogen and oxygen atoms in total. The predicted octanol–water partition coefficient (Wildman–Crippen LogP) is 1.93. The molecule has 144 valence electrons. The van der Waals surface area contributed by atoms with E-state index >= 15 is 0 Å². The lowest BCUT2D eigenvalue weighted by Gasteiger charge is -2.57. The Morgan fingerprint density at radius 3 is 2.62 bits per heavy atom. The fourth-order valence-electron chi connectivity index (χ4n) is 3.15. The standard InChI is InChI=1S/C19H30N4O3/c1-6-26-15-11-19(20,18(15,2)3)16(24)21-12-13-8-7-9-14(10-13)22-17(25)23(4)5/h7-10,15H,6,11-12,20H2,1-5H3,(H,21,24)(H,22,25). The molecule has 0 heterocycles. The van der Waals surface area contributed by atoms with E-state index in [2.05, 4.69) is 10.6 Å². The minimum Gasteiger partial charge on any atom is -0.378 e. The number of nitrogens with zero attached hydrogens (tertiary/aromatic N) is 1. The van der Waals surface area contributed by atoms with E-state index in [0.29, 0.717) is 25.3 Å². The zero-order valence-electron chi connectivity index (χ0n) is 16.3. The van der Waals surface area contributed by atoms with Crippen LogP contribution in [-0.2, 0) is 16.1 Å². The van der Waals surface area contributed by atoms with Crippen LogP contribution in [0.3, 0.4) is 0 Å². The van der Waals surface area contributed by atoms with Crippen LogP contribution in [-0.4, -0.2) is 49.2 Å². The first-order valence-corrected chi connectivity index (χ1v) is 8.88. The first kappa shape index (κ1) is 20.2. The van der Waals surface area contributed by atoms with Crippen LogP contribution in [0.5, 0.6) is 0 Å². The first-order chi connectivity index (χ1) is 12.1. The van der Waals surface area contributed by atoms with E-state index in [4.69, 9.17) is 10.5 Å². The number of nitrogens with one attached hydrogen (secondary N) is 2. The molecule has 0 bridgehead atoms. The van der Waals surface area contributed by atoms with Crippen LogP contribution in [0.1, 0.15) is 32.8 Å². The van der Waals surface area contributed by atoms with Crippen molar-refractivity contribution in [2.24, 2.45) is 11.1 Å². The van der Waals surface area contributed by atoms with Crippen molar-refractivity contribution < 1.29 is 14.3 Å². The SMILES string of the molecule is CCOC1CC(N)(C(=O)NCc2cccc(NC(=O)N(C)C)c2)C1(C)C. The summed E-state index contributed by atoms with van der Waals surface area (Å²) in [6.45, 7) is 6.83. The van der Waals surface area contributed by atoms with E-state index in [0.717, 1.165) is 5.56 Å². The largest absolute Gasteiger partial charge is 0.378 e. The van der Waals surface area contributed by atoms with Crippen molar-refractivity contribution in [1.82, 2.24) is 10.2 Å². The minimum absolute atomic E-state index is 0.00664. The highest BCUT2D eigenvalue weighted by molar-refractivity contribution is 5.89. The highest BCUT2D eigenvalue weighted by Gasteiger charge is 2.62. The predicted molar refractivity (Wildman–Crippen MR) is 102 cm³/mol. The summed E-state index contributed by atoms with van der Waals surface area (Å²) in [6.07, 6.45) is 0.506. The topological polar surface area (TPSA) is 96.7 Å². The monoisotopic (exact) mass is 362 g/mol. The quantitative estimate of drug-likeness (QED) is 0.720. The summed E-state index contributed by atoms with van der Waals surface area (Å²) < 4.78 is 5.67. The fourth-order valence-corrected chi connectivity index (χ4v) is 3.15. The zero-order valence-corrected chi connectivity index (χ0v) is 16.3. The van der Waals surface area contributed by atoms with E-state index in [1.54, 1.807) is 20.2 Å². The average molecular weight is 362 g/mol. The number of carbonyl (C=O) groups is 2. The summed E-state index contributed by atoms with van der Waals surface area (Å²) in [6, 6.07) is 7.16. The van der Waals surface area contributed by atoms with E-state index in [-0.39, 0.29) is 18.0 Å². The smallest absolute Gasteiger partial charge is 0.321 e. The third kappa shape index (κ3) is 3.83. The van der Waals surface area contributed by atoms with Crippen molar-refractivity contribution in [2.75, 3.05) is 26.0 Å². The maximum absolute atomic E-state index is 12.7. The minimum atomic E-state index is -0.941. The van der Waals surface area contributed by atoms with Crippen LogP contribution in [0, 0.1) is 5.41 Å². The number of benzene rings is 1. The molecule has 0 spiro atoms. The van der Waals surface area contributed by atoms with Gasteiger partial charge in [-0.3, -0.25) is 4.79 Å². The number of amides is 3. The molecule has 26 heavy (non-hydrogen) atoms. The molecule has 1 saturated carbocycles. The number of hydrogen-bond donors (Lipinski definition) is 3. The summed E-state index contributed by atoms with van der Waals surface area (Å²) in [5.41, 5.74) is 6.59. The molecule has 1 aliphatic rings. The molecule has 1 aliphatic carbocycles. The van der Waals surface area contributed by atoms with Gasteiger partial charge in [-0.2, -0.15) is 0 Å². The Hall–Kier alpha value is -2.12. The van der Waals surface area contributed by atoms with Crippen molar-refractivity contribution in [3.63, 3.8) is 0 Å². The molecule has 3 amide bonds. The van der Waals surface area contributed by atoms with Gasteiger partial charge in [0.2, 0.25) is 5.91 Å². The van der Waals surface area contributed by atoms with Gasteiger partial charge in [-0.05, 0) is 24.6 Å². The molecule has 1 aromatic carbocycles. The Bertz CT molecular complexity index is 675. The van der Waals surface area contributed by atoms with Gasteiger partial charge in [-0.25, -0.2) is 4.79 Å². The molecular formula is C19H30N4O3. The molecule has 0 saturated heterocycles. The molecule has 0 radical (unpaired) electrons. The van der Waals surface area contributed by atoms with Gasteiger partial charge >= 0.3 is 6.03 Å². The van der Waals surface area contributed by atoms with E-state index in [9.17, 15) is 9.59 Å². The van der Waals surface area contributed by atoms with E-state index in [1.165, 1.54) is 4.90 Å². The molecule has 2 rings (SSSR count). The van der Waals surface area contributed by atoms with Gasteiger partial charge in [0.05, 0.1) is 6.10 Å². The van der Waals surface area contributed by atoms with Crippen molar-refractivity contribution >= 4 is 17.6 Å². The lowest BCUT2D eigenvalue weighted by Crippen LogP contribution is -2.75. The molecule has 2 unspecified atom stereocenters. The summed E-state index contributed by atoms with van der Waals surface area (Å²) >= 11 is 0. The summed E-state index contributed by atoms with van der Waals surface area (Å²) in [7, 11) is 3.35. The molecule has 0 aliphatic heterocycles. The van der Waals surface area contributed by atoms with Crippen LogP contribution in [0.25, 0.3) is 0 Å². The Morgan fingerprint density at radius 2 is 2.04 bits per heavy atom. The van der Waals surface area contributed by atoms with Crippen LogP contribution >= 0.6 is 0 Å². The molecule has 1 fully saturated rings. The van der Waals surface area contributed by atoms with Crippen LogP contribution in [0.2, 0.25) is 0 Å². The summed E-state index contributed by atoms with van der Waals surface area (Å²) in [4.78, 5) is 25.9. The highest BCUT2D eigenvalue weighted by atomic mass is 16.5. The van der Waals surface area contributed by atoms with E-state index in [1.807, 2.05) is 39.0 Å². The van der Waals surface area contributed by atoms with Gasteiger partial charge in [0, 0.05) is 44.8 Å². The molecule has 7 heteroatoms. The Balaban J connectivity index is 1.97. The third-order valence-electron chi connectivity index (χ3n) is 5.27. The van der Waals surface area contributed by atoms with Crippen LogP contribution in [0.15, 0.2) is 24.3 Å². The number of rotatable bonds is 6. The highest BCUT2D eigenvalue weighted by Crippen LogP contribution is 2.49.